The summed E-state index contributed by atoms with van der Waals surface area (Å²) in [5.74, 6) is -0.915. The van der Waals surface area contributed by atoms with Gasteiger partial charge in [-0.05, 0) is 122 Å². The summed E-state index contributed by atoms with van der Waals surface area (Å²) in [6.07, 6.45) is 88.1. The van der Waals surface area contributed by atoms with Crippen LogP contribution in [0.1, 0.15) is 303 Å². The van der Waals surface area contributed by atoms with Crippen LogP contribution in [-0.2, 0) is 28.6 Å². The number of carbonyl (C=O) groups is 3. The minimum absolute atomic E-state index is 0.0900. The molecule has 0 aliphatic heterocycles. The maximum absolute atomic E-state index is 12.9. The second kappa shape index (κ2) is 64.6. The van der Waals surface area contributed by atoms with E-state index in [9.17, 15) is 14.4 Å². The lowest BCUT2D eigenvalue weighted by molar-refractivity contribution is -0.167. The summed E-state index contributed by atoms with van der Waals surface area (Å²) in [6.45, 7) is 6.47. The molecule has 0 fully saturated rings. The first-order chi connectivity index (χ1) is 38.0. The Morgan fingerprint density at radius 2 is 0.519 bits per heavy atom. The molecule has 6 heteroatoms. The van der Waals surface area contributed by atoms with Gasteiger partial charge in [0, 0.05) is 19.3 Å². The fourth-order valence-corrected chi connectivity index (χ4v) is 8.87. The Hall–Kier alpha value is -3.93. The van der Waals surface area contributed by atoms with Crippen LogP contribution in [0.2, 0.25) is 0 Å². The maximum Gasteiger partial charge on any atom is 0.306 e. The van der Waals surface area contributed by atoms with Crippen molar-refractivity contribution in [1.29, 1.82) is 0 Å². The van der Waals surface area contributed by atoms with Crippen LogP contribution in [0.4, 0.5) is 0 Å². The van der Waals surface area contributed by atoms with Crippen molar-refractivity contribution in [1.82, 2.24) is 0 Å². The van der Waals surface area contributed by atoms with Gasteiger partial charge in [0.05, 0.1) is 0 Å². The third-order valence-electron chi connectivity index (χ3n) is 13.7. The third-order valence-corrected chi connectivity index (χ3v) is 13.7. The Balaban J connectivity index is 4.30. The zero-order chi connectivity index (χ0) is 55.7. The van der Waals surface area contributed by atoms with E-state index in [0.717, 1.165) is 135 Å². The van der Waals surface area contributed by atoms with E-state index in [1.165, 1.54) is 128 Å². The average molecular weight is 1070 g/mol. The molecule has 6 nitrogen and oxygen atoms in total. The molecule has 0 aromatic carbocycles. The van der Waals surface area contributed by atoms with Gasteiger partial charge in [-0.2, -0.15) is 0 Å². The number of hydrogen-bond acceptors (Lipinski definition) is 6. The van der Waals surface area contributed by atoms with Crippen molar-refractivity contribution in [2.45, 2.75) is 309 Å². The number of esters is 3. The Morgan fingerprint density at radius 1 is 0.273 bits per heavy atom. The predicted octanol–water partition coefficient (Wildman–Crippen LogP) is 22.2. The molecule has 0 rings (SSSR count). The fourth-order valence-electron chi connectivity index (χ4n) is 8.87. The topological polar surface area (TPSA) is 78.9 Å². The SMILES string of the molecule is CC/C=C\C/C=C\C/C=C\C/C=C\C/C=C\CCCCCCCC(=O)OC(COC(=O)CCCCCCC/C=C\CCCC)COC(=O)CCCCCCCCCCCCCC/C=C\C/C=C\C/C=C\CCCCCCC. The van der Waals surface area contributed by atoms with E-state index in [4.69, 9.17) is 14.2 Å². The molecule has 0 heterocycles. The van der Waals surface area contributed by atoms with Crippen molar-refractivity contribution in [2.75, 3.05) is 13.2 Å². The zero-order valence-corrected chi connectivity index (χ0v) is 50.4. The van der Waals surface area contributed by atoms with Crippen LogP contribution >= 0.6 is 0 Å². The van der Waals surface area contributed by atoms with E-state index in [1.807, 2.05) is 0 Å². The average Bonchev–Trinajstić information content (AvgIpc) is 3.43. The van der Waals surface area contributed by atoms with E-state index >= 15 is 0 Å². The summed E-state index contributed by atoms with van der Waals surface area (Å²) in [5.41, 5.74) is 0. The quantitative estimate of drug-likeness (QED) is 0.0261. The highest BCUT2D eigenvalue weighted by atomic mass is 16.6. The summed E-state index contributed by atoms with van der Waals surface area (Å²) in [4.78, 5) is 38.3. The van der Waals surface area contributed by atoms with Crippen molar-refractivity contribution in [2.24, 2.45) is 0 Å². The van der Waals surface area contributed by atoms with Gasteiger partial charge < -0.3 is 14.2 Å². The number of carbonyl (C=O) groups excluding carboxylic acids is 3. The van der Waals surface area contributed by atoms with Gasteiger partial charge in [0.2, 0.25) is 0 Å². The molecule has 0 saturated carbocycles. The minimum atomic E-state index is -0.795. The van der Waals surface area contributed by atoms with Crippen LogP contribution in [0, 0.1) is 0 Å². The maximum atomic E-state index is 12.9. The molecular weight excluding hydrogens is 949 g/mol. The van der Waals surface area contributed by atoms with Crippen LogP contribution in [0.25, 0.3) is 0 Å². The first-order valence-corrected chi connectivity index (χ1v) is 32.4. The van der Waals surface area contributed by atoms with E-state index in [2.05, 4.69) is 130 Å². The van der Waals surface area contributed by atoms with Crippen LogP contribution < -0.4 is 0 Å². The van der Waals surface area contributed by atoms with Gasteiger partial charge in [0.25, 0.3) is 0 Å². The monoisotopic (exact) mass is 1070 g/mol. The zero-order valence-electron chi connectivity index (χ0n) is 50.4. The highest BCUT2D eigenvalue weighted by molar-refractivity contribution is 5.71. The van der Waals surface area contributed by atoms with Crippen molar-refractivity contribution >= 4 is 17.9 Å². The van der Waals surface area contributed by atoms with Crippen molar-refractivity contribution < 1.29 is 28.6 Å². The molecule has 1 unspecified atom stereocenters. The molecule has 0 radical (unpaired) electrons. The van der Waals surface area contributed by atoms with Gasteiger partial charge in [-0.25, -0.2) is 0 Å². The molecule has 0 spiro atoms. The number of unbranched alkanes of at least 4 members (excludes halogenated alkanes) is 29. The van der Waals surface area contributed by atoms with Crippen LogP contribution in [0.5, 0.6) is 0 Å². The van der Waals surface area contributed by atoms with Crippen molar-refractivity contribution in [3.63, 3.8) is 0 Å². The fraction of sp³-hybridized carbons (Fsp3) is 0.704. The van der Waals surface area contributed by atoms with Gasteiger partial charge in [-0.15, -0.1) is 0 Å². The summed E-state index contributed by atoms with van der Waals surface area (Å²) in [5, 5.41) is 0. The molecule has 0 bridgehead atoms. The number of rotatable bonds is 58. The first-order valence-electron chi connectivity index (χ1n) is 32.4. The minimum Gasteiger partial charge on any atom is -0.462 e. The molecule has 0 amide bonds. The molecule has 0 aliphatic carbocycles. The molecular formula is C71H120O6. The largest absolute Gasteiger partial charge is 0.462 e. The highest BCUT2D eigenvalue weighted by Gasteiger charge is 2.19. The predicted molar refractivity (Wildman–Crippen MR) is 334 cm³/mol. The molecule has 0 saturated heterocycles. The van der Waals surface area contributed by atoms with Crippen LogP contribution in [-0.4, -0.2) is 37.2 Å². The molecule has 0 aliphatic rings. The van der Waals surface area contributed by atoms with E-state index < -0.39 is 6.10 Å². The lowest BCUT2D eigenvalue weighted by atomic mass is 10.0. The molecule has 440 valence electrons. The smallest absolute Gasteiger partial charge is 0.306 e. The highest BCUT2D eigenvalue weighted by Crippen LogP contribution is 2.16. The van der Waals surface area contributed by atoms with Gasteiger partial charge >= 0.3 is 17.9 Å². The molecule has 0 N–H and O–H groups in total. The first kappa shape index (κ1) is 73.1. The second-order valence-corrected chi connectivity index (χ2v) is 21.3. The Kier molecular flexibility index (Phi) is 61.3. The summed E-state index contributed by atoms with van der Waals surface area (Å²) in [7, 11) is 0. The van der Waals surface area contributed by atoms with Gasteiger partial charge in [-0.1, -0.05) is 271 Å². The van der Waals surface area contributed by atoms with E-state index in [-0.39, 0.29) is 31.1 Å². The summed E-state index contributed by atoms with van der Waals surface area (Å²) in [6, 6.07) is 0. The van der Waals surface area contributed by atoms with Gasteiger partial charge in [0.1, 0.15) is 13.2 Å². The van der Waals surface area contributed by atoms with Crippen molar-refractivity contribution in [3.05, 3.63) is 109 Å². The molecule has 1 atom stereocenters. The normalized spacial score (nSPS) is 12.8. The number of allylic oxidation sites excluding steroid dienone is 18. The van der Waals surface area contributed by atoms with Crippen LogP contribution in [0.15, 0.2) is 109 Å². The Morgan fingerprint density at radius 3 is 0.844 bits per heavy atom. The molecule has 0 aromatic rings. The number of ether oxygens (including phenoxy) is 3. The molecule has 77 heavy (non-hydrogen) atoms. The number of hydrogen-bond donors (Lipinski definition) is 0. The second-order valence-electron chi connectivity index (χ2n) is 21.3. The lowest BCUT2D eigenvalue weighted by Crippen LogP contribution is -2.30. The van der Waals surface area contributed by atoms with Gasteiger partial charge in [0.15, 0.2) is 6.10 Å². The van der Waals surface area contributed by atoms with E-state index in [0.29, 0.717) is 19.3 Å². The van der Waals surface area contributed by atoms with Crippen LogP contribution in [0.3, 0.4) is 0 Å². The summed E-state index contributed by atoms with van der Waals surface area (Å²) < 4.78 is 16.9. The standard InChI is InChI=1S/C71H120O6/c1-4-7-10-13-16-19-22-24-26-28-30-32-33-34-35-36-37-39-40-42-44-46-49-52-55-58-61-64-70(73)76-67-68(66-75-69(72)63-60-57-54-51-48-21-18-15-12-9-6-3)77-71(74)65-62-59-56-53-50-47-45-43-41-38-31-29-27-25-23-20-17-14-11-8-5-2/h8,11,15,17-18,20,22,24-25,27-28,30-31,33-34,38,43,45,68H,4-7,9-10,12-14,16,19,21,23,26,29,32,35-37,39-42,44,46-67H2,1-3H3/b11-8-,18-15-,20-17-,24-22-,27-25-,30-28-,34-33-,38-31-,45-43-. The Bertz CT molecular complexity index is 1560. The Labute approximate surface area is 476 Å². The summed E-state index contributed by atoms with van der Waals surface area (Å²) >= 11 is 0. The third kappa shape index (κ3) is 62.8. The molecule has 0 aromatic heterocycles. The van der Waals surface area contributed by atoms with E-state index in [1.54, 1.807) is 0 Å². The van der Waals surface area contributed by atoms with Crippen molar-refractivity contribution in [3.8, 4) is 0 Å². The lowest BCUT2D eigenvalue weighted by Gasteiger charge is -2.18. The van der Waals surface area contributed by atoms with Gasteiger partial charge in [-0.3, -0.25) is 14.4 Å².